The molecular formula is C13H17BrClNO3S. The van der Waals surface area contributed by atoms with Gasteiger partial charge >= 0.3 is 0 Å². The van der Waals surface area contributed by atoms with Crippen molar-refractivity contribution in [2.45, 2.75) is 36.6 Å². The minimum Gasteiger partial charge on any atom is -0.395 e. The van der Waals surface area contributed by atoms with Gasteiger partial charge in [-0.25, -0.2) is 8.42 Å². The maximum absolute atomic E-state index is 12.7. The molecule has 2 rings (SSSR count). The van der Waals surface area contributed by atoms with E-state index in [4.69, 9.17) is 11.6 Å². The van der Waals surface area contributed by atoms with Gasteiger partial charge in [-0.3, -0.25) is 0 Å². The molecule has 1 heterocycles. The van der Waals surface area contributed by atoms with E-state index in [0.717, 1.165) is 19.3 Å². The Bertz CT molecular complexity index is 579. The normalized spacial score (nSPS) is 21.6. The monoisotopic (exact) mass is 381 g/mol. The fourth-order valence-corrected chi connectivity index (χ4v) is 4.78. The number of nitrogens with zero attached hydrogens (tertiary/aromatic N) is 1. The Kier molecular flexibility index (Phi) is 5.48. The average Bonchev–Trinajstić information content (AvgIpc) is 2.67. The number of sulfonamides is 1. The van der Waals surface area contributed by atoms with Gasteiger partial charge in [-0.05, 0) is 47.0 Å². The maximum atomic E-state index is 12.7. The van der Waals surface area contributed by atoms with Crippen molar-refractivity contribution in [1.82, 2.24) is 4.31 Å². The fraction of sp³-hybridized carbons (Fsp3) is 0.538. The molecule has 1 aliphatic heterocycles. The van der Waals surface area contributed by atoms with Crippen molar-refractivity contribution >= 4 is 37.6 Å². The van der Waals surface area contributed by atoms with E-state index in [0.29, 0.717) is 22.5 Å². The Morgan fingerprint density at radius 3 is 2.75 bits per heavy atom. The third-order valence-electron chi connectivity index (χ3n) is 3.53. The van der Waals surface area contributed by atoms with Crippen LogP contribution in [0.15, 0.2) is 27.6 Å². The van der Waals surface area contributed by atoms with E-state index in [-0.39, 0.29) is 17.5 Å². The van der Waals surface area contributed by atoms with Crippen molar-refractivity contribution in [3.63, 3.8) is 0 Å². The second kappa shape index (κ2) is 6.75. The van der Waals surface area contributed by atoms with Crippen LogP contribution in [0.4, 0.5) is 0 Å². The molecule has 1 aromatic rings. The Morgan fingerprint density at radius 1 is 1.35 bits per heavy atom. The van der Waals surface area contributed by atoms with Crippen LogP contribution in [-0.2, 0) is 10.0 Å². The quantitative estimate of drug-likeness (QED) is 0.874. The second-order valence-corrected chi connectivity index (χ2v) is 8.03. The molecule has 1 fully saturated rings. The van der Waals surface area contributed by atoms with Crippen LogP contribution in [0.3, 0.4) is 0 Å². The molecule has 0 aliphatic carbocycles. The Labute approximate surface area is 132 Å². The summed E-state index contributed by atoms with van der Waals surface area (Å²) in [5.41, 5.74) is 0. The Balaban J connectivity index is 2.38. The number of aliphatic hydroxyl groups excluding tert-OH is 1. The van der Waals surface area contributed by atoms with Crippen LogP contribution in [0.1, 0.15) is 25.7 Å². The zero-order valence-corrected chi connectivity index (χ0v) is 14.1. The third-order valence-corrected chi connectivity index (χ3v) is 6.69. The van der Waals surface area contributed by atoms with E-state index in [1.165, 1.54) is 16.4 Å². The molecular weight excluding hydrogens is 366 g/mol. The molecule has 0 saturated carbocycles. The standard InChI is InChI=1S/C13H17BrClNO3S/c14-12-8-11(5-6-13(12)15)20(18,19)16-7-3-1-2-4-10(16)9-17/h5-6,8,10,17H,1-4,7,9H2. The zero-order valence-electron chi connectivity index (χ0n) is 10.9. The van der Waals surface area contributed by atoms with Gasteiger partial charge in [-0.15, -0.1) is 0 Å². The van der Waals surface area contributed by atoms with Gasteiger partial charge in [0.1, 0.15) is 0 Å². The summed E-state index contributed by atoms with van der Waals surface area (Å²) in [6.45, 7) is 0.307. The van der Waals surface area contributed by atoms with Crippen LogP contribution in [-0.4, -0.2) is 37.0 Å². The molecule has 0 spiro atoms. The topological polar surface area (TPSA) is 57.6 Å². The highest BCUT2D eigenvalue weighted by atomic mass is 79.9. The zero-order chi connectivity index (χ0) is 14.8. The summed E-state index contributed by atoms with van der Waals surface area (Å²) in [4.78, 5) is 0.203. The number of hydrogen-bond acceptors (Lipinski definition) is 3. The number of aliphatic hydroxyl groups is 1. The first-order valence-corrected chi connectivity index (χ1v) is 9.15. The molecule has 0 aromatic heterocycles. The molecule has 0 bridgehead atoms. The Hall–Kier alpha value is -0.140. The van der Waals surface area contributed by atoms with Crippen molar-refractivity contribution in [3.05, 3.63) is 27.7 Å². The molecule has 0 amide bonds. The minimum absolute atomic E-state index is 0.145. The van der Waals surface area contributed by atoms with Gasteiger partial charge in [0.15, 0.2) is 0 Å². The van der Waals surface area contributed by atoms with Crippen LogP contribution < -0.4 is 0 Å². The fourth-order valence-electron chi connectivity index (χ4n) is 2.42. The van der Waals surface area contributed by atoms with Crippen molar-refractivity contribution in [3.8, 4) is 0 Å². The first-order chi connectivity index (χ1) is 9.46. The lowest BCUT2D eigenvalue weighted by Crippen LogP contribution is -2.42. The molecule has 0 radical (unpaired) electrons. The number of benzene rings is 1. The predicted molar refractivity (Wildman–Crippen MR) is 82.4 cm³/mol. The van der Waals surface area contributed by atoms with E-state index < -0.39 is 10.0 Å². The third kappa shape index (κ3) is 3.36. The average molecular weight is 383 g/mol. The van der Waals surface area contributed by atoms with Crippen molar-refractivity contribution in [1.29, 1.82) is 0 Å². The van der Waals surface area contributed by atoms with Gasteiger partial charge in [0.2, 0.25) is 10.0 Å². The van der Waals surface area contributed by atoms with Crippen molar-refractivity contribution in [2.24, 2.45) is 0 Å². The molecule has 1 saturated heterocycles. The lowest BCUT2D eigenvalue weighted by Gasteiger charge is -2.27. The SMILES string of the molecule is O=S(=O)(c1ccc(Cl)c(Br)c1)N1CCCCCC1CO. The van der Waals surface area contributed by atoms with E-state index in [2.05, 4.69) is 15.9 Å². The van der Waals surface area contributed by atoms with Crippen molar-refractivity contribution in [2.75, 3.05) is 13.2 Å². The van der Waals surface area contributed by atoms with Crippen LogP contribution in [0.2, 0.25) is 5.02 Å². The van der Waals surface area contributed by atoms with Crippen LogP contribution >= 0.6 is 27.5 Å². The first kappa shape index (κ1) is 16.2. The molecule has 1 aromatic carbocycles. The van der Waals surface area contributed by atoms with Gasteiger partial charge in [-0.2, -0.15) is 4.31 Å². The number of rotatable bonds is 3. The van der Waals surface area contributed by atoms with Crippen LogP contribution in [0.5, 0.6) is 0 Å². The van der Waals surface area contributed by atoms with E-state index in [1.807, 2.05) is 0 Å². The lowest BCUT2D eigenvalue weighted by molar-refractivity contribution is 0.186. The summed E-state index contributed by atoms with van der Waals surface area (Å²) in [5, 5.41) is 9.93. The highest BCUT2D eigenvalue weighted by Gasteiger charge is 2.32. The summed E-state index contributed by atoms with van der Waals surface area (Å²) in [6, 6.07) is 4.24. The molecule has 20 heavy (non-hydrogen) atoms. The summed E-state index contributed by atoms with van der Waals surface area (Å²) in [6.07, 6.45) is 3.46. The molecule has 112 valence electrons. The van der Waals surface area contributed by atoms with Gasteiger partial charge in [0.05, 0.1) is 16.5 Å². The summed E-state index contributed by atoms with van der Waals surface area (Å²) >= 11 is 9.15. The molecule has 1 N–H and O–H groups in total. The first-order valence-electron chi connectivity index (χ1n) is 6.54. The largest absolute Gasteiger partial charge is 0.395 e. The second-order valence-electron chi connectivity index (χ2n) is 4.88. The number of halogens is 2. The lowest BCUT2D eigenvalue weighted by atomic mass is 10.1. The van der Waals surface area contributed by atoms with Crippen LogP contribution in [0, 0.1) is 0 Å². The highest BCUT2D eigenvalue weighted by molar-refractivity contribution is 9.10. The number of hydrogen-bond donors (Lipinski definition) is 1. The molecule has 1 unspecified atom stereocenters. The highest BCUT2D eigenvalue weighted by Crippen LogP contribution is 2.29. The van der Waals surface area contributed by atoms with Crippen molar-refractivity contribution < 1.29 is 13.5 Å². The van der Waals surface area contributed by atoms with E-state index in [9.17, 15) is 13.5 Å². The molecule has 7 heteroatoms. The molecule has 1 atom stereocenters. The summed E-state index contributed by atoms with van der Waals surface area (Å²) in [5.74, 6) is 0. The predicted octanol–water partition coefficient (Wildman–Crippen LogP) is 3.03. The van der Waals surface area contributed by atoms with Crippen LogP contribution in [0.25, 0.3) is 0 Å². The minimum atomic E-state index is -3.60. The van der Waals surface area contributed by atoms with Gasteiger partial charge in [0.25, 0.3) is 0 Å². The summed E-state index contributed by atoms with van der Waals surface area (Å²) in [7, 11) is -3.60. The molecule has 1 aliphatic rings. The van der Waals surface area contributed by atoms with E-state index >= 15 is 0 Å². The molecule has 4 nitrogen and oxygen atoms in total. The van der Waals surface area contributed by atoms with Gasteiger partial charge in [-0.1, -0.05) is 24.4 Å². The maximum Gasteiger partial charge on any atom is 0.243 e. The van der Waals surface area contributed by atoms with E-state index in [1.54, 1.807) is 6.07 Å². The Morgan fingerprint density at radius 2 is 2.10 bits per heavy atom. The van der Waals surface area contributed by atoms with Gasteiger partial charge in [0, 0.05) is 17.1 Å². The summed E-state index contributed by atoms with van der Waals surface area (Å²) < 4.78 is 27.4. The van der Waals surface area contributed by atoms with Gasteiger partial charge < -0.3 is 5.11 Å². The smallest absolute Gasteiger partial charge is 0.243 e.